The van der Waals surface area contributed by atoms with Crippen LogP contribution in [0.5, 0.6) is 0 Å². The number of hydrogen-bond donors (Lipinski definition) is 1. The predicted molar refractivity (Wildman–Crippen MR) is 57.6 cm³/mol. The molecule has 0 aliphatic carbocycles. The number of hydrogen-bond acceptors (Lipinski definition) is 4. The summed E-state index contributed by atoms with van der Waals surface area (Å²) in [5.74, 6) is 0. The molecular formula is C11H18N2O3. The van der Waals surface area contributed by atoms with Crippen LogP contribution in [0, 0.1) is 11.3 Å². The quantitative estimate of drug-likeness (QED) is 0.675. The van der Waals surface area contributed by atoms with Gasteiger partial charge in [0, 0.05) is 6.54 Å². The van der Waals surface area contributed by atoms with Crippen molar-refractivity contribution in [3.05, 3.63) is 0 Å². The molecule has 1 fully saturated rings. The van der Waals surface area contributed by atoms with Crippen LogP contribution in [0.1, 0.15) is 33.6 Å². The van der Waals surface area contributed by atoms with Gasteiger partial charge in [0.15, 0.2) is 0 Å². The van der Waals surface area contributed by atoms with Gasteiger partial charge in [0.05, 0.1) is 12.2 Å². The minimum Gasteiger partial charge on any atom is -0.444 e. The highest BCUT2D eigenvalue weighted by atomic mass is 16.6. The van der Waals surface area contributed by atoms with Gasteiger partial charge in [-0.05, 0) is 33.6 Å². The van der Waals surface area contributed by atoms with Gasteiger partial charge in [-0.1, -0.05) is 0 Å². The molecule has 1 N–H and O–H groups in total. The fourth-order valence-electron chi connectivity index (χ4n) is 1.66. The Hall–Kier alpha value is -1.28. The number of carbonyl (C=O) groups is 1. The molecule has 1 saturated heterocycles. The minimum absolute atomic E-state index is 0.462. The Morgan fingerprint density at radius 2 is 2.19 bits per heavy atom. The number of piperidine rings is 1. The molecule has 0 spiro atoms. The molecule has 1 aliphatic heterocycles. The summed E-state index contributed by atoms with van der Waals surface area (Å²) < 4.78 is 5.18. The van der Waals surface area contributed by atoms with Crippen LogP contribution in [-0.4, -0.2) is 40.4 Å². The number of likely N-dealkylation sites (tertiary alicyclic amines) is 1. The average Bonchev–Trinajstić information content (AvgIpc) is 2.14. The Morgan fingerprint density at radius 1 is 1.56 bits per heavy atom. The molecular weight excluding hydrogens is 208 g/mol. The normalized spacial score (nSPS) is 26.1. The summed E-state index contributed by atoms with van der Waals surface area (Å²) in [6, 6.07) is 1.16. The van der Waals surface area contributed by atoms with E-state index in [-0.39, 0.29) is 0 Å². The van der Waals surface area contributed by atoms with Gasteiger partial charge < -0.3 is 9.84 Å². The fraction of sp³-hybridized carbons (Fsp3) is 0.818. The number of carbonyl (C=O) groups excluding carboxylic acids is 1. The average molecular weight is 226 g/mol. The van der Waals surface area contributed by atoms with E-state index in [9.17, 15) is 9.90 Å². The van der Waals surface area contributed by atoms with E-state index < -0.39 is 23.8 Å². The zero-order chi connectivity index (χ0) is 12.3. The molecule has 0 aromatic heterocycles. The fourth-order valence-corrected chi connectivity index (χ4v) is 1.66. The number of ether oxygens (including phenoxy) is 1. The summed E-state index contributed by atoms with van der Waals surface area (Å²) in [6.07, 6.45) is -0.0556. The molecule has 0 aromatic carbocycles. The van der Waals surface area contributed by atoms with Crippen LogP contribution in [0.25, 0.3) is 0 Å². The molecule has 16 heavy (non-hydrogen) atoms. The van der Waals surface area contributed by atoms with Crippen LogP contribution < -0.4 is 0 Å². The standard InChI is InChI=1S/C11H18N2O3/c1-11(2,3)16-10(15)13-6-4-5-9(14)8(13)7-12/h8-9,14H,4-6H2,1-3H3/t8-,9+/m1/s1. The van der Waals surface area contributed by atoms with Crippen LogP contribution >= 0.6 is 0 Å². The SMILES string of the molecule is CC(C)(C)OC(=O)N1CCC[C@H](O)[C@H]1C#N. The van der Waals surface area contributed by atoms with Gasteiger partial charge in [0.1, 0.15) is 11.6 Å². The van der Waals surface area contributed by atoms with Crippen LogP contribution in [0.2, 0.25) is 0 Å². The molecule has 5 heteroatoms. The van der Waals surface area contributed by atoms with Crippen molar-refractivity contribution >= 4 is 6.09 Å². The highest BCUT2D eigenvalue weighted by molar-refractivity contribution is 5.69. The first-order valence-electron chi connectivity index (χ1n) is 5.42. The molecule has 0 bridgehead atoms. The Morgan fingerprint density at radius 3 is 2.69 bits per heavy atom. The molecule has 0 radical (unpaired) electrons. The number of aliphatic hydroxyl groups is 1. The van der Waals surface area contributed by atoms with Crippen LogP contribution in [0.3, 0.4) is 0 Å². The number of nitrogens with zero attached hydrogens (tertiary/aromatic N) is 2. The summed E-state index contributed by atoms with van der Waals surface area (Å²) in [7, 11) is 0. The lowest BCUT2D eigenvalue weighted by Crippen LogP contribution is -2.51. The molecule has 0 aromatic rings. The van der Waals surface area contributed by atoms with E-state index in [4.69, 9.17) is 10.00 Å². The smallest absolute Gasteiger partial charge is 0.411 e. The largest absolute Gasteiger partial charge is 0.444 e. The van der Waals surface area contributed by atoms with Crippen molar-refractivity contribution in [2.24, 2.45) is 0 Å². The van der Waals surface area contributed by atoms with Crippen molar-refractivity contribution in [1.29, 1.82) is 5.26 Å². The van der Waals surface area contributed by atoms with E-state index in [1.165, 1.54) is 4.90 Å². The van der Waals surface area contributed by atoms with Crippen molar-refractivity contribution in [3.8, 4) is 6.07 Å². The molecule has 1 amide bonds. The Kier molecular flexibility index (Phi) is 3.76. The van der Waals surface area contributed by atoms with Gasteiger partial charge in [0.2, 0.25) is 0 Å². The lowest BCUT2D eigenvalue weighted by atomic mass is 10.0. The molecule has 1 rings (SSSR count). The highest BCUT2D eigenvalue weighted by Gasteiger charge is 2.35. The Balaban J connectivity index is 2.71. The van der Waals surface area contributed by atoms with E-state index in [1.807, 2.05) is 6.07 Å². The summed E-state index contributed by atoms with van der Waals surface area (Å²) in [5.41, 5.74) is -0.584. The van der Waals surface area contributed by atoms with Crippen molar-refractivity contribution < 1.29 is 14.6 Å². The van der Waals surface area contributed by atoms with Gasteiger partial charge in [-0.2, -0.15) is 5.26 Å². The van der Waals surface area contributed by atoms with Crippen LogP contribution in [-0.2, 0) is 4.74 Å². The van der Waals surface area contributed by atoms with Crippen molar-refractivity contribution in [3.63, 3.8) is 0 Å². The molecule has 0 unspecified atom stereocenters. The van der Waals surface area contributed by atoms with Gasteiger partial charge in [-0.25, -0.2) is 4.79 Å². The molecule has 1 aliphatic rings. The first-order chi connectivity index (χ1) is 7.35. The number of nitriles is 1. The van der Waals surface area contributed by atoms with Gasteiger partial charge in [-0.15, -0.1) is 0 Å². The second-order valence-corrected chi connectivity index (χ2v) is 4.96. The summed E-state index contributed by atoms with van der Waals surface area (Å²) >= 11 is 0. The second kappa shape index (κ2) is 4.71. The first-order valence-corrected chi connectivity index (χ1v) is 5.42. The maximum atomic E-state index is 11.8. The lowest BCUT2D eigenvalue weighted by molar-refractivity contribution is -0.00982. The van der Waals surface area contributed by atoms with Crippen molar-refractivity contribution in [2.75, 3.05) is 6.54 Å². The topological polar surface area (TPSA) is 73.6 Å². The highest BCUT2D eigenvalue weighted by Crippen LogP contribution is 2.20. The van der Waals surface area contributed by atoms with E-state index in [0.29, 0.717) is 19.4 Å². The number of aliphatic hydroxyl groups excluding tert-OH is 1. The number of amides is 1. The first kappa shape index (κ1) is 12.8. The van der Waals surface area contributed by atoms with Crippen molar-refractivity contribution in [2.45, 2.75) is 51.4 Å². The zero-order valence-electron chi connectivity index (χ0n) is 9.93. The van der Waals surface area contributed by atoms with Gasteiger partial charge in [0.25, 0.3) is 0 Å². The minimum atomic E-state index is -0.788. The maximum absolute atomic E-state index is 11.8. The Bertz CT molecular complexity index is 303. The van der Waals surface area contributed by atoms with Crippen LogP contribution in [0.15, 0.2) is 0 Å². The summed E-state index contributed by atoms with van der Waals surface area (Å²) in [6.45, 7) is 5.77. The Labute approximate surface area is 95.6 Å². The third-order valence-electron chi connectivity index (χ3n) is 2.36. The van der Waals surface area contributed by atoms with Gasteiger partial charge in [-0.3, -0.25) is 4.90 Å². The molecule has 5 nitrogen and oxygen atoms in total. The third kappa shape index (κ3) is 3.11. The zero-order valence-corrected chi connectivity index (χ0v) is 9.93. The van der Waals surface area contributed by atoms with E-state index >= 15 is 0 Å². The molecule has 2 atom stereocenters. The van der Waals surface area contributed by atoms with Gasteiger partial charge >= 0.3 is 6.09 Å². The third-order valence-corrected chi connectivity index (χ3v) is 2.36. The van der Waals surface area contributed by atoms with E-state index in [2.05, 4.69) is 0 Å². The van der Waals surface area contributed by atoms with Crippen LogP contribution in [0.4, 0.5) is 4.79 Å². The second-order valence-electron chi connectivity index (χ2n) is 4.96. The lowest BCUT2D eigenvalue weighted by Gasteiger charge is -2.35. The summed E-state index contributed by atoms with van der Waals surface area (Å²) in [5, 5.41) is 18.5. The summed E-state index contributed by atoms with van der Waals surface area (Å²) in [4.78, 5) is 13.1. The predicted octanol–water partition coefficient (Wildman–Crippen LogP) is 1.27. The molecule has 0 saturated carbocycles. The monoisotopic (exact) mass is 226 g/mol. The maximum Gasteiger partial charge on any atom is 0.411 e. The molecule has 1 heterocycles. The molecule has 90 valence electrons. The van der Waals surface area contributed by atoms with Crippen molar-refractivity contribution in [1.82, 2.24) is 4.90 Å². The van der Waals surface area contributed by atoms with E-state index in [0.717, 1.165) is 0 Å². The van der Waals surface area contributed by atoms with E-state index in [1.54, 1.807) is 20.8 Å². The number of rotatable bonds is 0.